The van der Waals surface area contributed by atoms with Gasteiger partial charge in [-0.3, -0.25) is 4.90 Å². The second kappa shape index (κ2) is 9.86. The predicted molar refractivity (Wildman–Crippen MR) is 108 cm³/mol. The van der Waals surface area contributed by atoms with Gasteiger partial charge in [0.25, 0.3) is 0 Å². The van der Waals surface area contributed by atoms with Gasteiger partial charge in [-0.05, 0) is 44.1 Å². The molecule has 28 heavy (non-hydrogen) atoms. The van der Waals surface area contributed by atoms with Gasteiger partial charge >= 0.3 is 6.03 Å². The normalized spacial score (nSPS) is 15.0. The number of likely N-dealkylation sites (tertiary alicyclic amines) is 1. The maximum Gasteiger partial charge on any atom is 0.318 e. The third-order valence-electron chi connectivity index (χ3n) is 5.02. The number of urea groups is 1. The van der Waals surface area contributed by atoms with Gasteiger partial charge in [-0.2, -0.15) is 0 Å². The Kier molecular flexibility index (Phi) is 6.99. The number of methoxy groups -OCH3 is 1. The van der Waals surface area contributed by atoms with Gasteiger partial charge in [-0.25, -0.2) is 4.79 Å². The summed E-state index contributed by atoms with van der Waals surface area (Å²) < 4.78 is 10.9. The summed E-state index contributed by atoms with van der Waals surface area (Å²) in [5.41, 5.74) is 1.08. The Morgan fingerprint density at radius 3 is 2.79 bits per heavy atom. The lowest BCUT2D eigenvalue weighted by atomic mass is 10.0. The van der Waals surface area contributed by atoms with E-state index in [1.807, 2.05) is 24.3 Å². The van der Waals surface area contributed by atoms with Crippen molar-refractivity contribution in [1.82, 2.24) is 15.1 Å². The van der Waals surface area contributed by atoms with E-state index in [4.69, 9.17) is 15.6 Å². The van der Waals surface area contributed by atoms with Crippen LogP contribution in [-0.4, -0.2) is 49.1 Å². The highest BCUT2D eigenvalue weighted by Gasteiger charge is 2.27. The van der Waals surface area contributed by atoms with Crippen LogP contribution >= 0.6 is 0 Å². The summed E-state index contributed by atoms with van der Waals surface area (Å²) in [7, 11) is 1.68. The average molecular weight is 381 g/mol. The third kappa shape index (κ3) is 4.87. The van der Waals surface area contributed by atoms with E-state index in [1.54, 1.807) is 24.3 Å². The van der Waals surface area contributed by atoms with Gasteiger partial charge in [0.15, 0.2) is 0 Å². The van der Waals surface area contributed by atoms with Gasteiger partial charge in [-0.15, -0.1) is 6.42 Å². The van der Waals surface area contributed by atoms with Crippen molar-refractivity contribution in [3.05, 3.63) is 54.0 Å². The molecule has 1 aliphatic rings. The number of para-hydroxylation sites is 1. The standard InChI is InChI=1S/C22H27N3O3/c1-3-12-25(17-18-9-8-15-28-18)22(26)23-16-20(24-13-6-7-14-24)19-10-4-5-11-21(19)27-2/h1,4-5,8-11,15,20H,6-7,12-14,16-17H2,2H3,(H,23,26). The molecule has 1 aromatic heterocycles. The lowest BCUT2D eigenvalue weighted by molar-refractivity contribution is 0.187. The monoisotopic (exact) mass is 381 g/mol. The Balaban J connectivity index is 1.71. The second-order valence-electron chi connectivity index (χ2n) is 6.83. The number of terminal acetylenes is 1. The Hall–Kier alpha value is -2.91. The SMILES string of the molecule is C#CCN(Cc1ccco1)C(=O)NCC(c1ccccc1OC)N1CCCC1. The number of nitrogens with one attached hydrogen (secondary N) is 1. The van der Waals surface area contributed by atoms with Gasteiger partial charge in [0.1, 0.15) is 11.5 Å². The molecule has 1 unspecified atom stereocenters. The molecule has 3 rings (SSSR count). The Bertz CT molecular complexity index is 792. The van der Waals surface area contributed by atoms with Crippen LogP contribution in [-0.2, 0) is 6.54 Å². The van der Waals surface area contributed by atoms with E-state index in [9.17, 15) is 4.79 Å². The van der Waals surface area contributed by atoms with Crippen LogP contribution < -0.4 is 10.1 Å². The van der Waals surface area contributed by atoms with E-state index >= 15 is 0 Å². The number of amides is 2. The van der Waals surface area contributed by atoms with Crippen molar-refractivity contribution in [2.45, 2.75) is 25.4 Å². The Labute approximate surface area is 166 Å². The number of hydrogen-bond donors (Lipinski definition) is 1. The zero-order chi connectivity index (χ0) is 19.8. The molecule has 1 aliphatic heterocycles. The topological polar surface area (TPSA) is 58.0 Å². The highest BCUT2D eigenvalue weighted by Crippen LogP contribution is 2.31. The summed E-state index contributed by atoms with van der Waals surface area (Å²) in [6.45, 7) is 3.07. The molecule has 1 atom stereocenters. The lowest BCUT2D eigenvalue weighted by Gasteiger charge is -2.30. The largest absolute Gasteiger partial charge is 0.496 e. The molecule has 0 radical (unpaired) electrons. The molecule has 0 aliphatic carbocycles. The molecule has 1 fully saturated rings. The van der Waals surface area contributed by atoms with Crippen molar-refractivity contribution in [1.29, 1.82) is 0 Å². The fraction of sp³-hybridized carbons (Fsp3) is 0.409. The first-order valence-corrected chi connectivity index (χ1v) is 9.58. The summed E-state index contributed by atoms with van der Waals surface area (Å²) in [5, 5.41) is 3.06. The Morgan fingerprint density at radius 2 is 2.11 bits per heavy atom. The summed E-state index contributed by atoms with van der Waals surface area (Å²) in [6, 6.07) is 11.5. The van der Waals surface area contributed by atoms with Crippen molar-refractivity contribution >= 4 is 6.03 Å². The van der Waals surface area contributed by atoms with Crippen LogP contribution in [0.2, 0.25) is 0 Å². The number of ether oxygens (including phenoxy) is 1. The van der Waals surface area contributed by atoms with Crippen molar-refractivity contribution in [3.63, 3.8) is 0 Å². The van der Waals surface area contributed by atoms with Gasteiger partial charge in [0, 0.05) is 12.1 Å². The molecule has 1 N–H and O–H groups in total. The third-order valence-corrected chi connectivity index (χ3v) is 5.02. The van der Waals surface area contributed by atoms with Crippen molar-refractivity contribution in [3.8, 4) is 18.1 Å². The number of carbonyl (C=O) groups excluding carboxylic acids is 1. The number of carbonyl (C=O) groups is 1. The van der Waals surface area contributed by atoms with Crippen LogP contribution in [0.15, 0.2) is 47.1 Å². The highest BCUT2D eigenvalue weighted by molar-refractivity contribution is 5.74. The van der Waals surface area contributed by atoms with Crippen LogP contribution in [0, 0.1) is 12.3 Å². The molecular weight excluding hydrogens is 354 g/mol. The number of nitrogens with zero attached hydrogens (tertiary/aromatic N) is 2. The summed E-state index contributed by atoms with van der Waals surface area (Å²) in [4.78, 5) is 16.8. The van der Waals surface area contributed by atoms with E-state index in [0.717, 1.165) is 24.4 Å². The van der Waals surface area contributed by atoms with E-state index in [0.29, 0.717) is 18.8 Å². The van der Waals surface area contributed by atoms with Crippen molar-refractivity contribution in [2.24, 2.45) is 0 Å². The molecular formula is C22H27N3O3. The minimum Gasteiger partial charge on any atom is -0.496 e. The number of benzene rings is 1. The Morgan fingerprint density at radius 1 is 1.32 bits per heavy atom. The summed E-state index contributed by atoms with van der Waals surface area (Å²) in [6.07, 6.45) is 9.38. The van der Waals surface area contributed by atoms with Crippen LogP contribution in [0.3, 0.4) is 0 Å². The molecule has 0 bridgehead atoms. The molecule has 2 aromatic rings. The molecule has 6 heteroatoms. The van der Waals surface area contributed by atoms with E-state index in [2.05, 4.69) is 22.2 Å². The van der Waals surface area contributed by atoms with Gasteiger partial charge in [0.2, 0.25) is 0 Å². The van der Waals surface area contributed by atoms with E-state index in [-0.39, 0.29) is 18.6 Å². The number of rotatable bonds is 8. The van der Waals surface area contributed by atoms with Crippen LogP contribution in [0.5, 0.6) is 5.75 Å². The maximum atomic E-state index is 12.8. The molecule has 1 saturated heterocycles. The van der Waals surface area contributed by atoms with Gasteiger partial charge < -0.3 is 19.4 Å². The first kappa shape index (κ1) is 19.8. The fourth-order valence-electron chi connectivity index (χ4n) is 3.63. The molecule has 2 amide bonds. The van der Waals surface area contributed by atoms with Crippen LogP contribution in [0.25, 0.3) is 0 Å². The number of hydrogen-bond acceptors (Lipinski definition) is 4. The van der Waals surface area contributed by atoms with Crippen molar-refractivity contribution < 1.29 is 13.9 Å². The van der Waals surface area contributed by atoms with Crippen LogP contribution in [0.4, 0.5) is 4.79 Å². The molecule has 0 spiro atoms. The number of furan rings is 1. The van der Waals surface area contributed by atoms with E-state index < -0.39 is 0 Å². The van der Waals surface area contributed by atoms with Crippen LogP contribution in [0.1, 0.15) is 30.2 Å². The van der Waals surface area contributed by atoms with Crippen molar-refractivity contribution in [2.75, 3.05) is 33.3 Å². The fourth-order valence-corrected chi connectivity index (χ4v) is 3.63. The zero-order valence-corrected chi connectivity index (χ0v) is 16.3. The lowest BCUT2D eigenvalue weighted by Crippen LogP contribution is -2.43. The predicted octanol–water partition coefficient (Wildman–Crippen LogP) is 3.27. The second-order valence-corrected chi connectivity index (χ2v) is 6.83. The smallest absolute Gasteiger partial charge is 0.318 e. The van der Waals surface area contributed by atoms with E-state index in [1.165, 1.54) is 12.8 Å². The zero-order valence-electron chi connectivity index (χ0n) is 16.3. The van der Waals surface area contributed by atoms with Gasteiger partial charge in [-0.1, -0.05) is 24.1 Å². The summed E-state index contributed by atoms with van der Waals surface area (Å²) >= 11 is 0. The quantitative estimate of drug-likeness (QED) is 0.713. The van der Waals surface area contributed by atoms with Gasteiger partial charge in [0.05, 0.1) is 32.5 Å². The minimum absolute atomic E-state index is 0.0545. The molecule has 2 heterocycles. The minimum atomic E-state index is -0.201. The maximum absolute atomic E-state index is 12.8. The summed E-state index contributed by atoms with van der Waals surface area (Å²) in [5.74, 6) is 4.08. The first-order chi connectivity index (χ1) is 13.7. The molecule has 0 saturated carbocycles. The molecule has 1 aromatic carbocycles. The average Bonchev–Trinajstić information content (AvgIpc) is 3.42. The first-order valence-electron chi connectivity index (χ1n) is 9.58. The highest BCUT2D eigenvalue weighted by atomic mass is 16.5. The molecule has 6 nitrogen and oxygen atoms in total. The molecule has 148 valence electrons.